The SMILES string of the molecule is CC(C)NC(=O)NC(=O)[C@H](C)N(C)Cc1ccccc1. The summed E-state index contributed by atoms with van der Waals surface area (Å²) in [6.45, 7) is 6.12. The number of carbonyl (C=O) groups is 2. The smallest absolute Gasteiger partial charge is 0.321 e. The van der Waals surface area contributed by atoms with Crippen LogP contribution in [0.2, 0.25) is 0 Å². The number of urea groups is 1. The van der Waals surface area contributed by atoms with Gasteiger partial charge in [-0.25, -0.2) is 4.79 Å². The first-order valence-electron chi connectivity index (χ1n) is 6.75. The van der Waals surface area contributed by atoms with Crippen LogP contribution in [0.15, 0.2) is 30.3 Å². The van der Waals surface area contributed by atoms with Gasteiger partial charge in [-0.3, -0.25) is 15.0 Å². The van der Waals surface area contributed by atoms with Gasteiger partial charge in [-0.1, -0.05) is 30.3 Å². The van der Waals surface area contributed by atoms with Gasteiger partial charge in [0.25, 0.3) is 0 Å². The molecule has 5 nitrogen and oxygen atoms in total. The molecule has 2 N–H and O–H groups in total. The quantitative estimate of drug-likeness (QED) is 0.862. The van der Waals surface area contributed by atoms with Gasteiger partial charge in [-0.05, 0) is 33.4 Å². The minimum absolute atomic E-state index is 0.000143. The van der Waals surface area contributed by atoms with E-state index in [-0.39, 0.29) is 18.0 Å². The number of hydrogen-bond acceptors (Lipinski definition) is 3. The summed E-state index contributed by atoms with van der Waals surface area (Å²) >= 11 is 0. The zero-order valence-corrected chi connectivity index (χ0v) is 12.5. The molecule has 3 amide bonds. The molecule has 1 aromatic carbocycles. The molecule has 5 heteroatoms. The van der Waals surface area contributed by atoms with Crippen LogP contribution in [0.4, 0.5) is 4.79 Å². The van der Waals surface area contributed by atoms with Crippen molar-refractivity contribution in [2.75, 3.05) is 7.05 Å². The number of amides is 3. The average molecular weight is 277 g/mol. The number of rotatable bonds is 5. The van der Waals surface area contributed by atoms with Crippen LogP contribution < -0.4 is 10.6 Å². The Morgan fingerprint density at radius 1 is 1.15 bits per heavy atom. The largest absolute Gasteiger partial charge is 0.336 e. The van der Waals surface area contributed by atoms with Crippen LogP contribution in [0, 0.1) is 0 Å². The van der Waals surface area contributed by atoms with E-state index in [9.17, 15) is 9.59 Å². The standard InChI is InChI=1S/C15H23N3O2/c1-11(2)16-15(20)17-14(19)12(3)18(4)10-13-8-6-5-7-9-13/h5-9,11-12H,10H2,1-4H3,(H2,16,17,19,20)/t12-/m0/s1. The second kappa shape index (κ2) is 7.65. The van der Waals surface area contributed by atoms with Crippen LogP contribution in [0.1, 0.15) is 26.3 Å². The topological polar surface area (TPSA) is 61.4 Å². The molecule has 0 fully saturated rings. The van der Waals surface area contributed by atoms with Crippen molar-refractivity contribution in [2.45, 2.75) is 39.4 Å². The molecule has 1 atom stereocenters. The number of nitrogens with one attached hydrogen (secondary N) is 2. The zero-order valence-electron chi connectivity index (χ0n) is 12.5. The van der Waals surface area contributed by atoms with E-state index in [0.29, 0.717) is 6.54 Å². The highest BCUT2D eigenvalue weighted by Gasteiger charge is 2.20. The Morgan fingerprint density at radius 2 is 1.75 bits per heavy atom. The number of hydrogen-bond donors (Lipinski definition) is 2. The molecule has 1 aromatic rings. The first-order valence-corrected chi connectivity index (χ1v) is 6.75. The van der Waals surface area contributed by atoms with Crippen molar-refractivity contribution in [3.05, 3.63) is 35.9 Å². The summed E-state index contributed by atoms with van der Waals surface area (Å²) in [6, 6.07) is 9.06. The lowest BCUT2D eigenvalue weighted by Crippen LogP contribution is -2.49. The lowest BCUT2D eigenvalue weighted by molar-refractivity contribution is -0.124. The Bertz CT molecular complexity index is 446. The third kappa shape index (κ3) is 5.40. The lowest BCUT2D eigenvalue weighted by atomic mass is 10.2. The molecule has 0 radical (unpaired) electrons. The summed E-state index contributed by atoms with van der Waals surface area (Å²) in [5.74, 6) is -0.304. The fraction of sp³-hybridized carbons (Fsp3) is 0.467. The van der Waals surface area contributed by atoms with Crippen molar-refractivity contribution < 1.29 is 9.59 Å². The third-order valence-corrected chi connectivity index (χ3v) is 2.97. The maximum atomic E-state index is 12.0. The summed E-state index contributed by atoms with van der Waals surface area (Å²) in [5.41, 5.74) is 1.13. The number of imide groups is 1. The molecule has 0 aliphatic carbocycles. The Hall–Kier alpha value is -1.88. The van der Waals surface area contributed by atoms with Crippen LogP contribution >= 0.6 is 0 Å². The van der Waals surface area contributed by atoms with Crippen molar-refractivity contribution in [3.63, 3.8) is 0 Å². The van der Waals surface area contributed by atoms with Gasteiger partial charge in [-0.15, -0.1) is 0 Å². The summed E-state index contributed by atoms with van der Waals surface area (Å²) in [7, 11) is 1.86. The molecule has 0 saturated carbocycles. The third-order valence-electron chi connectivity index (χ3n) is 2.97. The molecule has 0 aliphatic rings. The van der Waals surface area contributed by atoms with Gasteiger partial charge in [0.1, 0.15) is 0 Å². The van der Waals surface area contributed by atoms with Gasteiger partial charge in [0.15, 0.2) is 0 Å². The summed E-state index contributed by atoms with van der Waals surface area (Å²) < 4.78 is 0. The van der Waals surface area contributed by atoms with E-state index in [1.54, 1.807) is 6.92 Å². The molecular formula is C15H23N3O2. The maximum absolute atomic E-state index is 12.0. The zero-order chi connectivity index (χ0) is 15.1. The normalized spacial score (nSPS) is 12.3. The first kappa shape index (κ1) is 16.2. The van der Waals surface area contributed by atoms with Crippen molar-refractivity contribution in [3.8, 4) is 0 Å². The Labute approximate surface area is 120 Å². The minimum Gasteiger partial charge on any atom is -0.336 e. The molecular weight excluding hydrogens is 254 g/mol. The maximum Gasteiger partial charge on any atom is 0.321 e. The molecule has 0 saturated heterocycles. The van der Waals surface area contributed by atoms with Crippen molar-refractivity contribution in [2.24, 2.45) is 0 Å². The van der Waals surface area contributed by atoms with E-state index in [1.165, 1.54) is 0 Å². The van der Waals surface area contributed by atoms with Gasteiger partial charge in [0, 0.05) is 12.6 Å². The molecule has 20 heavy (non-hydrogen) atoms. The van der Waals surface area contributed by atoms with E-state index in [0.717, 1.165) is 5.56 Å². The fourth-order valence-corrected chi connectivity index (χ4v) is 1.72. The summed E-state index contributed by atoms with van der Waals surface area (Å²) in [6.07, 6.45) is 0. The molecule has 0 aromatic heterocycles. The van der Waals surface area contributed by atoms with Crippen LogP contribution in [-0.2, 0) is 11.3 Å². The highest BCUT2D eigenvalue weighted by molar-refractivity contribution is 5.96. The number of benzene rings is 1. The van der Waals surface area contributed by atoms with Crippen molar-refractivity contribution in [1.82, 2.24) is 15.5 Å². The van der Waals surface area contributed by atoms with Gasteiger partial charge in [-0.2, -0.15) is 0 Å². The van der Waals surface area contributed by atoms with E-state index in [2.05, 4.69) is 10.6 Å². The first-order chi connectivity index (χ1) is 9.40. The summed E-state index contributed by atoms with van der Waals surface area (Å²) in [5, 5.41) is 4.97. The monoisotopic (exact) mass is 277 g/mol. The fourth-order valence-electron chi connectivity index (χ4n) is 1.72. The van der Waals surface area contributed by atoms with Gasteiger partial charge >= 0.3 is 6.03 Å². The second-order valence-corrected chi connectivity index (χ2v) is 5.19. The van der Waals surface area contributed by atoms with Gasteiger partial charge < -0.3 is 5.32 Å². The van der Waals surface area contributed by atoms with E-state index in [1.807, 2.05) is 56.1 Å². The van der Waals surface area contributed by atoms with Crippen molar-refractivity contribution in [1.29, 1.82) is 0 Å². The van der Waals surface area contributed by atoms with E-state index >= 15 is 0 Å². The number of likely N-dealkylation sites (N-methyl/N-ethyl adjacent to an activating group) is 1. The predicted molar refractivity (Wildman–Crippen MR) is 79.2 cm³/mol. The molecule has 1 rings (SSSR count). The van der Waals surface area contributed by atoms with Crippen LogP contribution in [-0.4, -0.2) is 36.0 Å². The second-order valence-electron chi connectivity index (χ2n) is 5.19. The Kier molecular flexibility index (Phi) is 6.18. The van der Waals surface area contributed by atoms with Crippen LogP contribution in [0.5, 0.6) is 0 Å². The lowest BCUT2D eigenvalue weighted by Gasteiger charge is -2.23. The highest BCUT2D eigenvalue weighted by atomic mass is 16.2. The average Bonchev–Trinajstić information content (AvgIpc) is 2.37. The molecule has 0 unspecified atom stereocenters. The molecule has 110 valence electrons. The molecule has 0 bridgehead atoms. The molecule has 0 aliphatic heterocycles. The van der Waals surface area contributed by atoms with Gasteiger partial charge in [0.05, 0.1) is 6.04 Å². The van der Waals surface area contributed by atoms with Gasteiger partial charge in [0.2, 0.25) is 5.91 Å². The highest BCUT2D eigenvalue weighted by Crippen LogP contribution is 2.05. The molecule has 0 spiro atoms. The Morgan fingerprint density at radius 3 is 2.30 bits per heavy atom. The molecule has 0 heterocycles. The number of carbonyl (C=O) groups excluding carboxylic acids is 2. The van der Waals surface area contributed by atoms with E-state index < -0.39 is 6.03 Å². The summed E-state index contributed by atoms with van der Waals surface area (Å²) in [4.78, 5) is 25.3. The van der Waals surface area contributed by atoms with E-state index in [4.69, 9.17) is 0 Å². The number of nitrogens with zero attached hydrogens (tertiary/aromatic N) is 1. The van der Waals surface area contributed by atoms with Crippen LogP contribution in [0.25, 0.3) is 0 Å². The predicted octanol–water partition coefficient (Wildman–Crippen LogP) is 1.74. The van der Waals surface area contributed by atoms with Crippen LogP contribution in [0.3, 0.4) is 0 Å². The Balaban J connectivity index is 2.49. The van der Waals surface area contributed by atoms with Crippen molar-refractivity contribution >= 4 is 11.9 Å². The minimum atomic E-state index is -0.454.